The number of hydrogen-bond acceptors (Lipinski definition) is 0. The molecule has 1 aliphatic carbocycles. The largest absolute Gasteiger partial charge is 0.0628 e. The molecular formula is C14H27. The third kappa shape index (κ3) is 4.02. The molecule has 0 heteroatoms. The second-order valence-corrected chi connectivity index (χ2v) is 5.83. The van der Waals surface area contributed by atoms with Crippen LogP contribution in [0, 0.1) is 23.7 Å². The lowest BCUT2D eigenvalue weighted by atomic mass is 9.72. The Bertz CT molecular complexity index is 128. The van der Waals surface area contributed by atoms with Gasteiger partial charge in [0.15, 0.2) is 0 Å². The first-order valence-electron chi connectivity index (χ1n) is 6.44. The van der Waals surface area contributed by atoms with Crippen molar-refractivity contribution in [1.82, 2.24) is 0 Å². The van der Waals surface area contributed by atoms with Crippen LogP contribution in [0.4, 0.5) is 0 Å². The van der Waals surface area contributed by atoms with E-state index in [1.807, 2.05) is 5.92 Å². The molecule has 0 aromatic carbocycles. The molecule has 1 atom stereocenters. The van der Waals surface area contributed by atoms with Crippen LogP contribution in [0.1, 0.15) is 66.2 Å². The van der Waals surface area contributed by atoms with Gasteiger partial charge in [-0.2, -0.15) is 0 Å². The molecule has 1 aliphatic rings. The minimum absolute atomic E-state index is 0.859. The van der Waals surface area contributed by atoms with Crippen LogP contribution in [0.25, 0.3) is 0 Å². The molecule has 0 amide bonds. The minimum atomic E-state index is 0.859. The molecule has 0 bridgehead atoms. The summed E-state index contributed by atoms with van der Waals surface area (Å²) in [4.78, 5) is 0. The highest BCUT2D eigenvalue weighted by Crippen LogP contribution is 2.39. The summed E-state index contributed by atoms with van der Waals surface area (Å²) in [6.07, 6.45) is 8.64. The molecule has 1 rings (SSSR count). The van der Waals surface area contributed by atoms with Crippen LogP contribution in [0.2, 0.25) is 0 Å². The van der Waals surface area contributed by atoms with Gasteiger partial charge in [0.25, 0.3) is 0 Å². The Morgan fingerprint density at radius 1 is 1.07 bits per heavy atom. The van der Waals surface area contributed by atoms with Crippen LogP contribution < -0.4 is 0 Å². The zero-order valence-electron chi connectivity index (χ0n) is 10.5. The molecule has 1 saturated carbocycles. The molecule has 83 valence electrons. The Balaban J connectivity index is 2.41. The fourth-order valence-electron chi connectivity index (χ4n) is 2.80. The smallest absolute Gasteiger partial charge is 0.0207 e. The lowest BCUT2D eigenvalue weighted by Crippen LogP contribution is -2.20. The highest BCUT2D eigenvalue weighted by molar-refractivity contribution is 4.99. The van der Waals surface area contributed by atoms with Crippen molar-refractivity contribution in [1.29, 1.82) is 0 Å². The van der Waals surface area contributed by atoms with Gasteiger partial charge in [-0.3, -0.25) is 0 Å². The second-order valence-electron chi connectivity index (χ2n) is 5.83. The fraction of sp³-hybridized carbons (Fsp3) is 0.929. The van der Waals surface area contributed by atoms with E-state index >= 15 is 0 Å². The lowest BCUT2D eigenvalue weighted by molar-refractivity contribution is 0.307. The van der Waals surface area contributed by atoms with E-state index in [9.17, 15) is 0 Å². The van der Waals surface area contributed by atoms with E-state index < -0.39 is 0 Å². The van der Waals surface area contributed by atoms with Gasteiger partial charge in [0.1, 0.15) is 0 Å². The van der Waals surface area contributed by atoms with Crippen molar-refractivity contribution in [2.45, 2.75) is 66.2 Å². The summed E-state index contributed by atoms with van der Waals surface area (Å²) < 4.78 is 0. The summed E-state index contributed by atoms with van der Waals surface area (Å²) in [7, 11) is 0. The SMILES string of the molecule is CC(C)C[C]1CCCCC1CC(C)C. The van der Waals surface area contributed by atoms with Crippen LogP contribution >= 0.6 is 0 Å². The van der Waals surface area contributed by atoms with E-state index in [0.717, 1.165) is 17.8 Å². The van der Waals surface area contributed by atoms with Gasteiger partial charge in [-0.15, -0.1) is 0 Å². The topological polar surface area (TPSA) is 0 Å². The number of hydrogen-bond donors (Lipinski definition) is 0. The molecule has 14 heavy (non-hydrogen) atoms. The Hall–Kier alpha value is 0. The quantitative estimate of drug-likeness (QED) is 0.602. The summed E-state index contributed by atoms with van der Waals surface area (Å²) in [6, 6.07) is 0. The first-order valence-corrected chi connectivity index (χ1v) is 6.44. The van der Waals surface area contributed by atoms with Gasteiger partial charge in [-0.1, -0.05) is 40.5 Å². The lowest BCUT2D eigenvalue weighted by Gasteiger charge is -2.33. The first-order chi connectivity index (χ1) is 6.59. The Labute approximate surface area is 90.5 Å². The van der Waals surface area contributed by atoms with Crippen molar-refractivity contribution in [3.63, 3.8) is 0 Å². The molecular weight excluding hydrogens is 168 g/mol. The van der Waals surface area contributed by atoms with Gasteiger partial charge in [0.2, 0.25) is 0 Å². The molecule has 1 fully saturated rings. The second kappa shape index (κ2) is 5.78. The van der Waals surface area contributed by atoms with Crippen molar-refractivity contribution in [3.05, 3.63) is 5.92 Å². The van der Waals surface area contributed by atoms with Crippen molar-refractivity contribution in [3.8, 4) is 0 Å². The van der Waals surface area contributed by atoms with Crippen molar-refractivity contribution >= 4 is 0 Å². The summed E-state index contributed by atoms with van der Waals surface area (Å²) in [5.74, 6) is 4.59. The minimum Gasteiger partial charge on any atom is -0.0628 e. The summed E-state index contributed by atoms with van der Waals surface area (Å²) in [5, 5.41) is 0. The van der Waals surface area contributed by atoms with Crippen LogP contribution in [0.15, 0.2) is 0 Å². The van der Waals surface area contributed by atoms with E-state index in [1.165, 1.54) is 38.5 Å². The monoisotopic (exact) mass is 195 g/mol. The fourth-order valence-corrected chi connectivity index (χ4v) is 2.80. The molecule has 1 unspecified atom stereocenters. The maximum absolute atomic E-state index is 2.36. The Morgan fingerprint density at radius 3 is 2.36 bits per heavy atom. The standard InChI is InChI=1S/C14H27/c1-11(2)9-13-7-5-6-8-14(13)10-12(3)4/h11-13H,5-10H2,1-4H3. The average molecular weight is 195 g/mol. The molecule has 0 saturated heterocycles. The predicted octanol–water partition coefficient (Wildman–Crippen LogP) is 4.84. The summed E-state index contributed by atoms with van der Waals surface area (Å²) >= 11 is 0. The van der Waals surface area contributed by atoms with Gasteiger partial charge < -0.3 is 0 Å². The molecule has 1 radical (unpaired) electrons. The van der Waals surface area contributed by atoms with Crippen LogP contribution in [-0.2, 0) is 0 Å². The van der Waals surface area contributed by atoms with Crippen LogP contribution in [0.5, 0.6) is 0 Å². The highest BCUT2D eigenvalue weighted by Gasteiger charge is 2.26. The van der Waals surface area contributed by atoms with E-state index in [0.29, 0.717) is 0 Å². The maximum atomic E-state index is 2.36. The molecule has 0 aliphatic heterocycles. The third-order valence-electron chi connectivity index (χ3n) is 3.30. The summed E-state index contributed by atoms with van der Waals surface area (Å²) in [6.45, 7) is 9.44. The molecule has 0 spiro atoms. The summed E-state index contributed by atoms with van der Waals surface area (Å²) in [5.41, 5.74) is 0. The Kier molecular flexibility index (Phi) is 4.98. The first kappa shape index (κ1) is 12.1. The van der Waals surface area contributed by atoms with E-state index in [2.05, 4.69) is 27.7 Å². The van der Waals surface area contributed by atoms with Gasteiger partial charge in [-0.05, 0) is 49.4 Å². The van der Waals surface area contributed by atoms with E-state index in [1.54, 1.807) is 0 Å². The highest BCUT2D eigenvalue weighted by atomic mass is 14.3. The predicted molar refractivity (Wildman–Crippen MR) is 64.1 cm³/mol. The van der Waals surface area contributed by atoms with Gasteiger partial charge in [0, 0.05) is 0 Å². The Morgan fingerprint density at radius 2 is 1.79 bits per heavy atom. The third-order valence-corrected chi connectivity index (χ3v) is 3.30. The molecule has 0 heterocycles. The van der Waals surface area contributed by atoms with Crippen LogP contribution in [-0.4, -0.2) is 0 Å². The number of rotatable bonds is 4. The van der Waals surface area contributed by atoms with Crippen LogP contribution in [0.3, 0.4) is 0 Å². The van der Waals surface area contributed by atoms with E-state index in [4.69, 9.17) is 0 Å². The molecule has 0 N–H and O–H groups in total. The zero-order valence-corrected chi connectivity index (χ0v) is 10.5. The molecule has 0 nitrogen and oxygen atoms in total. The average Bonchev–Trinajstić information content (AvgIpc) is 2.06. The van der Waals surface area contributed by atoms with Crippen molar-refractivity contribution < 1.29 is 0 Å². The normalized spacial score (nSPS) is 24.9. The maximum Gasteiger partial charge on any atom is -0.0207 e. The molecule has 0 aromatic heterocycles. The zero-order chi connectivity index (χ0) is 10.6. The van der Waals surface area contributed by atoms with Crippen molar-refractivity contribution in [2.24, 2.45) is 17.8 Å². The van der Waals surface area contributed by atoms with Crippen molar-refractivity contribution in [2.75, 3.05) is 0 Å². The van der Waals surface area contributed by atoms with E-state index in [-0.39, 0.29) is 0 Å². The van der Waals surface area contributed by atoms with Gasteiger partial charge in [0.05, 0.1) is 0 Å². The van der Waals surface area contributed by atoms with Gasteiger partial charge >= 0.3 is 0 Å². The molecule has 0 aromatic rings. The van der Waals surface area contributed by atoms with Gasteiger partial charge in [-0.25, -0.2) is 0 Å².